The summed E-state index contributed by atoms with van der Waals surface area (Å²) < 4.78 is 10.4. The standard InChI is InChI=1S/C19H20BrN3O5S/c1-27-7-6-22-14(24)10-29-18-13(9-21)15(11-4-3-5-12(20)8-11)16(17(25)23-18)19(26)28-2/h3-5,8,15-16H,6-7,10H2,1-2H3,(H,22,24)(H,23,25)/t15-,16-/m1/s1. The summed E-state index contributed by atoms with van der Waals surface area (Å²) in [5, 5.41) is 15.3. The average Bonchev–Trinajstić information content (AvgIpc) is 2.71. The predicted octanol–water partition coefficient (Wildman–Crippen LogP) is 1.68. The number of rotatable bonds is 8. The number of ether oxygens (including phenoxy) is 2. The number of methoxy groups -OCH3 is 2. The summed E-state index contributed by atoms with van der Waals surface area (Å²) >= 11 is 4.40. The smallest absolute Gasteiger partial charge is 0.319 e. The van der Waals surface area contributed by atoms with Crippen molar-refractivity contribution in [2.45, 2.75) is 5.92 Å². The van der Waals surface area contributed by atoms with Crippen LogP contribution in [0.4, 0.5) is 0 Å². The molecule has 0 radical (unpaired) electrons. The van der Waals surface area contributed by atoms with Gasteiger partial charge in [0.15, 0.2) is 0 Å². The number of benzene rings is 1. The Bertz CT molecular complexity index is 868. The minimum absolute atomic E-state index is 0.00139. The zero-order chi connectivity index (χ0) is 21.4. The first-order valence-electron chi connectivity index (χ1n) is 8.59. The van der Waals surface area contributed by atoms with Crippen LogP contribution < -0.4 is 10.6 Å². The quantitative estimate of drug-likeness (QED) is 0.329. The highest BCUT2D eigenvalue weighted by molar-refractivity contribution is 9.10. The van der Waals surface area contributed by atoms with E-state index in [9.17, 15) is 19.6 Å². The van der Waals surface area contributed by atoms with Gasteiger partial charge in [0.05, 0.1) is 36.1 Å². The van der Waals surface area contributed by atoms with Crippen LogP contribution in [0.5, 0.6) is 0 Å². The Balaban J connectivity index is 2.37. The molecule has 0 bridgehead atoms. The van der Waals surface area contributed by atoms with Gasteiger partial charge in [-0.2, -0.15) is 5.26 Å². The van der Waals surface area contributed by atoms with E-state index in [0.29, 0.717) is 18.7 Å². The second-order valence-electron chi connectivity index (χ2n) is 6.01. The minimum Gasteiger partial charge on any atom is -0.468 e. The van der Waals surface area contributed by atoms with Crippen LogP contribution in [-0.4, -0.2) is 50.9 Å². The summed E-state index contributed by atoms with van der Waals surface area (Å²) in [5.74, 6) is -3.61. The van der Waals surface area contributed by atoms with Crippen molar-refractivity contribution >= 4 is 45.5 Å². The normalized spacial score (nSPS) is 18.6. The van der Waals surface area contributed by atoms with Crippen molar-refractivity contribution in [1.82, 2.24) is 10.6 Å². The van der Waals surface area contributed by atoms with Crippen LogP contribution in [0, 0.1) is 17.2 Å². The van der Waals surface area contributed by atoms with Gasteiger partial charge in [0.1, 0.15) is 5.92 Å². The lowest BCUT2D eigenvalue weighted by Crippen LogP contribution is -2.44. The van der Waals surface area contributed by atoms with E-state index < -0.39 is 23.7 Å². The van der Waals surface area contributed by atoms with Crippen molar-refractivity contribution in [2.24, 2.45) is 5.92 Å². The van der Waals surface area contributed by atoms with Crippen molar-refractivity contribution < 1.29 is 23.9 Å². The van der Waals surface area contributed by atoms with Crippen LogP contribution in [0.1, 0.15) is 11.5 Å². The molecule has 1 aromatic rings. The first-order valence-corrected chi connectivity index (χ1v) is 10.4. The van der Waals surface area contributed by atoms with Gasteiger partial charge in [-0.25, -0.2) is 0 Å². The number of nitrogens with one attached hydrogen (secondary N) is 2. The molecular weight excluding hydrogens is 462 g/mol. The van der Waals surface area contributed by atoms with Crippen LogP contribution in [-0.2, 0) is 23.9 Å². The van der Waals surface area contributed by atoms with Gasteiger partial charge in [-0.1, -0.05) is 39.8 Å². The Morgan fingerprint density at radius 1 is 1.38 bits per heavy atom. The molecule has 1 aromatic carbocycles. The molecule has 2 atom stereocenters. The molecule has 8 nitrogen and oxygen atoms in total. The molecule has 10 heteroatoms. The maximum Gasteiger partial charge on any atom is 0.319 e. The number of nitrogens with zero attached hydrogens (tertiary/aromatic N) is 1. The Kier molecular flexibility index (Phi) is 8.70. The third-order valence-corrected chi connectivity index (χ3v) is 5.68. The molecule has 29 heavy (non-hydrogen) atoms. The van der Waals surface area contributed by atoms with E-state index in [0.717, 1.165) is 16.2 Å². The van der Waals surface area contributed by atoms with Crippen LogP contribution in [0.2, 0.25) is 0 Å². The summed E-state index contributed by atoms with van der Waals surface area (Å²) in [4.78, 5) is 37.0. The van der Waals surface area contributed by atoms with Crippen molar-refractivity contribution in [3.8, 4) is 6.07 Å². The molecule has 1 aliphatic heterocycles. The lowest BCUT2D eigenvalue weighted by molar-refractivity contribution is -0.150. The maximum absolute atomic E-state index is 12.7. The summed E-state index contributed by atoms with van der Waals surface area (Å²) in [6.45, 7) is 0.739. The maximum atomic E-state index is 12.7. The van der Waals surface area contributed by atoms with Gasteiger partial charge in [-0.05, 0) is 17.7 Å². The van der Waals surface area contributed by atoms with Crippen molar-refractivity contribution in [2.75, 3.05) is 33.1 Å². The van der Waals surface area contributed by atoms with E-state index in [4.69, 9.17) is 9.47 Å². The number of esters is 1. The SMILES string of the molecule is COCCNC(=O)CSC1=C(C#N)[C@@H](c2cccc(Br)c2)[C@@H](C(=O)OC)C(=O)N1. The number of hydrogen-bond donors (Lipinski definition) is 2. The van der Waals surface area contributed by atoms with E-state index >= 15 is 0 Å². The Morgan fingerprint density at radius 3 is 2.76 bits per heavy atom. The van der Waals surface area contributed by atoms with E-state index in [1.807, 2.05) is 0 Å². The largest absolute Gasteiger partial charge is 0.468 e. The van der Waals surface area contributed by atoms with E-state index in [1.165, 1.54) is 14.2 Å². The highest BCUT2D eigenvalue weighted by atomic mass is 79.9. The first kappa shape index (κ1) is 22.9. The number of carbonyl (C=O) groups is 3. The van der Waals surface area contributed by atoms with Gasteiger partial charge < -0.3 is 20.1 Å². The molecule has 2 N–H and O–H groups in total. The van der Waals surface area contributed by atoms with Gasteiger partial charge in [0.25, 0.3) is 0 Å². The second-order valence-corrected chi connectivity index (χ2v) is 7.91. The highest BCUT2D eigenvalue weighted by Gasteiger charge is 2.44. The Morgan fingerprint density at radius 2 is 2.14 bits per heavy atom. The molecule has 2 rings (SSSR count). The number of carbonyl (C=O) groups excluding carboxylic acids is 3. The molecule has 1 heterocycles. The Labute approximate surface area is 181 Å². The zero-order valence-corrected chi connectivity index (χ0v) is 18.3. The fraction of sp³-hybridized carbons (Fsp3) is 0.368. The molecule has 0 fully saturated rings. The monoisotopic (exact) mass is 481 g/mol. The summed E-state index contributed by atoms with van der Waals surface area (Å²) in [5.41, 5.74) is 0.816. The van der Waals surface area contributed by atoms with E-state index in [2.05, 4.69) is 32.6 Å². The van der Waals surface area contributed by atoms with Crippen LogP contribution in [0.3, 0.4) is 0 Å². The molecule has 0 saturated carbocycles. The fourth-order valence-corrected chi connectivity index (χ4v) is 4.16. The van der Waals surface area contributed by atoms with Crippen molar-refractivity contribution in [3.63, 3.8) is 0 Å². The average molecular weight is 482 g/mol. The van der Waals surface area contributed by atoms with Gasteiger partial charge in [0.2, 0.25) is 11.8 Å². The molecule has 2 amide bonds. The Hall–Kier alpha value is -2.35. The third-order valence-electron chi connectivity index (χ3n) is 4.17. The van der Waals surface area contributed by atoms with Crippen LogP contribution in [0.15, 0.2) is 39.3 Å². The number of nitriles is 1. The summed E-state index contributed by atoms with van der Waals surface area (Å²) in [7, 11) is 2.72. The number of hydrogen-bond acceptors (Lipinski definition) is 7. The number of amides is 2. The molecule has 0 spiro atoms. The van der Waals surface area contributed by atoms with Gasteiger partial charge in [0, 0.05) is 24.0 Å². The van der Waals surface area contributed by atoms with E-state index in [1.54, 1.807) is 24.3 Å². The van der Waals surface area contributed by atoms with Gasteiger partial charge in [-0.3, -0.25) is 14.4 Å². The van der Waals surface area contributed by atoms with Gasteiger partial charge >= 0.3 is 5.97 Å². The minimum atomic E-state index is -1.20. The summed E-state index contributed by atoms with van der Waals surface area (Å²) in [6.07, 6.45) is 0. The molecule has 1 aliphatic rings. The first-order chi connectivity index (χ1) is 13.9. The molecular formula is C19H20BrN3O5S. The fourth-order valence-electron chi connectivity index (χ4n) is 2.86. The number of thioether (sulfide) groups is 1. The van der Waals surface area contributed by atoms with Gasteiger partial charge in [-0.15, -0.1) is 0 Å². The zero-order valence-electron chi connectivity index (χ0n) is 15.9. The lowest BCUT2D eigenvalue weighted by Gasteiger charge is -2.31. The molecule has 0 unspecified atom stereocenters. The number of allylic oxidation sites excluding steroid dienone is 1. The predicted molar refractivity (Wildman–Crippen MR) is 111 cm³/mol. The van der Waals surface area contributed by atoms with Crippen molar-refractivity contribution in [3.05, 3.63) is 44.9 Å². The van der Waals surface area contributed by atoms with Crippen LogP contribution >= 0.6 is 27.7 Å². The van der Waals surface area contributed by atoms with Crippen LogP contribution in [0.25, 0.3) is 0 Å². The van der Waals surface area contributed by atoms with E-state index in [-0.39, 0.29) is 22.3 Å². The topological polar surface area (TPSA) is 118 Å². The molecule has 0 aliphatic carbocycles. The highest BCUT2D eigenvalue weighted by Crippen LogP contribution is 2.40. The third kappa shape index (κ3) is 5.82. The number of halogens is 1. The summed E-state index contributed by atoms with van der Waals surface area (Å²) in [6, 6.07) is 9.14. The van der Waals surface area contributed by atoms with Crippen molar-refractivity contribution in [1.29, 1.82) is 5.26 Å². The second kappa shape index (κ2) is 11.0. The molecule has 0 saturated heterocycles. The molecule has 0 aromatic heterocycles. The molecule has 154 valence electrons. The lowest BCUT2D eigenvalue weighted by atomic mass is 9.78.